The van der Waals surface area contributed by atoms with Crippen LogP contribution in [0.4, 0.5) is 0 Å². The van der Waals surface area contributed by atoms with E-state index in [-0.39, 0.29) is 5.78 Å². The fraction of sp³-hybridized carbons (Fsp3) is 0.143. The number of thiophene rings is 1. The summed E-state index contributed by atoms with van der Waals surface area (Å²) >= 11 is 1.42. The highest BCUT2D eigenvalue weighted by atomic mass is 32.1. The molecule has 0 saturated carbocycles. The monoisotopic (exact) mass is 273 g/mol. The third-order valence-corrected chi connectivity index (χ3v) is 3.84. The van der Waals surface area contributed by atoms with Crippen LogP contribution in [0.1, 0.15) is 16.1 Å². The first-order chi connectivity index (χ1) is 9.25. The highest BCUT2D eigenvalue weighted by Crippen LogP contribution is 2.14. The number of Topliss-reactive ketones (excluding diaryl/α,β-unsaturated/α-hetero) is 1. The van der Waals surface area contributed by atoms with E-state index < -0.39 is 5.76 Å². The van der Waals surface area contributed by atoms with Crippen molar-refractivity contribution in [2.45, 2.75) is 13.0 Å². The standard InChI is InChI=1S/C14H11NO3S/c16-11(13-6-3-9-19-13)7-8-15-10-4-1-2-5-12(10)18-14(15)17/h1-6,9H,7-8H2. The van der Waals surface area contributed by atoms with E-state index in [1.54, 1.807) is 12.1 Å². The van der Waals surface area contributed by atoms with Crippen molar-refractivity contribution in [3.63, 3.8) is 0 Å². The normalized spacial score (nSPS) is 10.9. The summed E-state index contributed by atoms with van der Waals surface area (Å²) < 4.78 is 6.62. The minimum Gasteiger partial charge on any atom is -0.408 e. The minimum atomic E-state index is -0.417. The lowest BCUT2D eigenvalue weighted by Crippen LogP contribution is -2.16. The predicted molar refractivity (Wildman–Crippen MR) is 73.7 cm³/mol. The van der Waals surface area contributed by atoms with E-state index in [9.17, 15) is 9.59 Å². The van der Waals surface area contributed by atoms with Gasteiger partial charge in [0.05, 0.1) is 10.4 Å². The van der Waals surface area contributed by atoms with Gasteiger partial charge in [-0.05, 0) is 23.6 Å². The summed E-state index contributed by atoms with van der Waals surface area (Å²) in [6.45, 7) is 0.340. The molecule has 0 amide bonds. The molecule has 3 rings (SSSR count). The second kappa shape index (κ2) is 4.85. The van der Waals surface area contributed by atoms with E-state index >= 15 is 0 Å². The Morgan fingerprint density at radius 3 is 2.84 bits per heavy atom. The molecule has 0 fully saturated rings. The zero-order chi connectivity index (χ0) is 13.2. The Morgan fingerprint density at radius 1 is 1.21 bits per heavy atom. The summed E-state index contributed by atoms with van der Waals surface area (Å²) in [4.78, 5) is 24.4. The van der Waals surface area contributed by atoms with Gasteiger partial charge in [0.15, 0.2) is 11.4 Å². The van der Waals surface area contributed by atoms with E-state index in [4.69, 9.17) is 4.42 Å². The first kappa shape index (κ1) is 11.9. The number of hydrogen-bond acceptors (Lipinski definition) is 4. The Morgan fingerprint density at radius 2 is 2.05 bits per heavy atom. The van der Waals surface area contributed by atoms with Crippen molar-refractivity contribution < 1.29 is 9.21 Å². The SMILES string of the molecule is O=C(CCn1c(=O)oc2ccccc21)c1cccs1. The summed E-state index contributed by atoms with van der Waals surface area (Å²) in [5.74, 6) is -0.368. The molecular weight excluding hydrogens is 262 g/mol. The zero-order valence-electron chi connectivity index (χ0n) is 10.0. The van der Waals surface area contributed by atoms with Crippen LogP contribution in [0.5, 0.6) is 0 Å². The van der Waals surface area contributed by atoms with E-state index in [1.165, 1.54) is 15.9 Å². The Balaban J connectivity index is 1.84. The van der Waals surface area contributed by atoms with Gasteiger partial charge in [0.1, 0.15) is 0 Å². The van der Waals surface area contributed by atoms with Crippen molar-refractivity contribution in [2.75, 3.05) is 0 Å². The molecular formula is C14H11NO3S. The molecule has 0 saturated heterocycles. The van der Waals surface area contributed by atoms with Gasteiger partial charge >= 0.3 is 5.76 Å². The van der Waals surface area contributed by atoms with Crippen LogP contribution < -0.4 is 5.76 Å². The van der Waals surface area contributed by atoms with Crippen molar-refractivity contribution in [3.8, 4) is 0 Å². The molecule has 3 aromatic rings. The number of benzene rings is 1. The molecule has 0 aliphatic rings. The first-order valence-electron chi connectivity index (χ1n) is 5.91. The molecule has 0 aliphatic heterocycles. The van der Waals surface area contributed by atoms with Crippen LogP contribution in [-0.2, 0) is 6.54 Å². The van der Waals surface area contributed by atoms with Gasteiger partial charge in [0.25, 0.3) is 0 Å². The number of nitrogens with zero attached hydrogens (tertiary/aromatic N) is 1. The summed E-state index contributed by atoms with van der Waals surface area (Å²) in [6, 6.07) is 10.9. The number of carbonyl (C=O) groups is 1. The molecule has 0 N–H and O–H groups in total. The Hall–Kier alpha value is -2.14. The number of oxazole rings is 1. The molecule has 1 aromatic carbocycles. The van der Waals surface area contributed by atoms with E-state index in [0.29, 0.717) is 18.5 Å². The maximum Gasteiger partial charge on any atom is 0.419 e. The largest absolute Gasteiger partial charge is 0.419 e. The third-order valence-electron chi connectivity index (χ3n) is 2.93. The molecule has 0 spiro atoms. The maximum atomic E-state index is 11.9. The lowest BCUT2D eigenvalue weighted by Gasteiger charge is -2.00. The molecule has 5 heteroatoms. The van der Waals surface area contributed by atoms with Gasteiger partial charge in [-0.1, -0.05) is 18.2 Å². The Bertz CT molecular complexity index is 767. The topological polar surface area (TPSA) is 52.2 Å². The summed E-state index contributed by atoms with van der Waals surface area (Å²) in [7, 11) is 0. The second-order valence-electron chi connectivity index (χ2n) is 4.14. The minimum absolute atomic E-state index is 0.0483. The second-order valence-corrected chi connectivity index (χ2v) is 5.09. The average molecular weight is 273 g/mol. The van der Waals surface area contributed by atoms with Crippen LogP contribution in [0.2, 0.25) is 0 Å². The van der Waals surface area contributed by atoms with Gasteiger partial charge in [-0.25, -0.2) is 4.79 Å². The number of aromatic nitrogens is 1. The molecule has 0 unspecified atom stereocenters. The summed E-state index contributed by atoms with van der Waals surface area (Å²) in [5.41, 5.74) is 1.28. The maximum absolute atomic E-state index is 11.9. The van der Waals surface area contributed by atoms with Gasteiger partial charge in [0.2, 0.25) is 0 Å². The predicted octanol–water partition coefficient (Wildman–Crippen LogP) is 2.93. The van der Waals surface area contributed by atoms with Crippen molar-refractivity contribution in [1.82, 2.24) is 4.57 Å². The van der Waals surface area contributed by atoms with Gasteiger partial charge in [0, 0.05) is 13.0 Å². The third kappa shape index (κ3) is 2.24. The van der Waals surface area contributed by atoms with E-state index in [0.717, 1.165) is 10.4 Å². The van der Waals surface area contributed by atoms with Gasteiger partial charge in [-0.2, -0.15) is 0 Å². The zero-order valence-corrected chi connectivity index (χ0v) is 10.9. The highest BCUT2D eigenvalue weighted by molar-refractivity contribution is 7.12. The van der Waals surface area contributed by atoms with Crippen LogP contribution in [-0.4, -0.2) is 10.4 Å². The molecule has 0 aliphatic carbocycles. The smallest absolute Gasteiger partial charge is 0.408 e. The van der Waals surface area contributed by atoms with Crippen molar-refractivity contribution >= 4 is 28.2 Å². The Labute approximate surface area is 112 Å². The van der Waals surface area contributed by atoms with Gasteiger partial charge in [-0.3, -0.25) is 9.36 Å². The first-order valence-corrected chi connectivity index (χ1v) is 6.79. The van der Waals surface area contributed by atoms with Gasteiger partial charge < -0.3 is 4.42 Å². The molecule has 19 heavy (non-hydrogen) atoms. The number of fused-ring (bicyclic) bond motifs is 1. The molecule has 2 heterocycles. The van der Waals surface area contributed by atoms with E-state index in [2.05, 4.69) is 0 Å². The van der Waals surface area contributed by atoms with Crippen LogP contribution in [0, 0.1) is 0 Å². The quantitative estimate of drug-likeness (QED) is 0.687. The average Bonchev–Trinajstić information content (AvgIpc) is 3.03. The number of carbonyl (C=O) groups excluding carboxylic acids is 1. The van der Waals surface area contributed by atoms with E-state index in [1.807, 2.05) is 29.6 Å². The molecule has 0 bridgehead atoms. The number of aryl methyl sites for hydroxylation is 1. The lowest BCUT2D eigenvalue weighted by atomic mass is 10.2. The lowest BCUT2D eigenvalue weighted by molar-refractivity contribution is 0.0981. The van der Waals surface area contributed by atoms with Crippen LogP contribution >= 0.6 is 11.3 Å². The van der Waals surface area contributed by atoms with Crippen molar-refractivity contribution in [1.29, 1.82) is 0 Å². The fourth-order valence-electron chi connectivity index (χ4n) is 2.00. The molecule has 0 atom stereocenters. The number of hydrogen-bond donors (Lipinski definition) is 0. The molecule has 4 nitrogen and oxygen atoms in total. The van der Waals surface area contributed by atoms with Crippen molar-refractivity contribution in [3.05, 3.63) is 57.2 Å². The number of rotatable bonds is 4. The van der Waals surface area contributed by atoms with Gasteiger partial charge in [-0.15, -0.1) is 11.3 Å². The molecule has 96 valence electrons. The number of ketones is 1. The van der Waals surface area contributed by atoms with Crippen LogP contribution in [0.15, 0.2) is 51.0 Å². The Kier molecular flexibility index (Phi) is 3.05. The summed E-state index contributed by atoms with van der Waals surface area (Å²) in [5, 5.41) is 1.87. The van der Waals surface area contributed by atoms with Crippen LogP contribution in [0.3, 0.4) is 0 Å². The molecule has 0 radical (unpaired) electrons. The number of para-hydroxylation sites is 2. The van der Waals surface area contributed by atoms with Crippen molar-refractivity contribution in [2.24, 2.45) is 0 Å². The molecule has 2 aromatic heterocycles. The highest BCUT2D eigenvalue weighted by Gasteiger charge is 2.11. The summed E-state index contributed by atoms with van der Waals surface area (Å²) in [6.07, 6.45) is 0.296. The van der Waals surface area contributed by atoms with Crippen LogP contribution in [0.25, 0.3) is 11.1 Å². The fourth-order valence-corrected chi connectivity index (χ4v) is 2.69.